The van der Waals surface area contributed by atoms with Crippen LogP contribution in [0.5, 0.6) is 0 Å². The summed E-state index contributed by atoms with van der Waals surface area (Å²) in [5, 5.41) is 15.0. The van der Waals surface area contributed by atoms with Crippen molar-refractivity contribution < 1.29 is 19.2 Å². The lowest BCUT2D eigenvalue weighted by Gasteiger charge is -2.45. The number of nitrogens with one attached hydrogen (secondary N) is 4. The van der Waals surface area contributed by atoms with Crippen LogP contribution in [0.25, 0.3) is 0 Å². The van der Waals surface area contributed by atoms with Gasteiger partial charge in [0.2, 0.25) is 23.6 Å². The first-order valence-corrected chi connectivity index (χ1v) is 26.0. The van der Waals surface area contributed by atoms with Crippen LogP contribution in [0.15, 0.2) is 91.0 Å². The topological polar surface area (TPSA) is 123 Å². The molecule has 2 saturated carbocycles. The highest BCUT2D eigenvalue weighted by Crippen LogP contribution is 2.38. The zero-order valence-electron chi connectivity index (χ0n) is 40.7. The van der Waals surface area contributed by atoms with Crippen LogP contribution in [0.2, 0.25) is 20.1 Å². The minimum Gasteiger partial charge on any atom is -0.356 e. The molecule has 0 radical (unpaired) electrons. The quantitative estimate of drug-likeness (QED) is 0.0788. The Balaban J connectivity index is 0.000000227. The standard InChI is InChI=1S/C28H36ClN3O2.C27H34Cl3N3O2/c1-32(2)28(19-20-6-5-8-22(29)18-20)16-14-23(15-17-28)30-26(33)12-13-27(34)31-25-11-10-21-7-3-4-9-24(21)25;1-33(2)27(18-19-4-3-5-21(28)16-19)13-10-23(11-14-27)32-26(35)9-8-25(34)31-15-12-20-6-7-22(29)17-24(20)30/h3-9,18,23,25H,10-17,19H2,1-2H3,(H,30,33)(H,31,34);3-7,16-17,23H,8-15,18H2,1-2H3,(H,31,34)(H,32,35). The minimum absolute atomic E-state index is 0.0285. The molecule has 3 aliphatic carbocycles. The lowest BCUT2D eigenvalue weighted by Crippen LogP contribution is -2.52. The van der Waals surface area contributed by atoms with E-state index in [0.29, 0.717) is 23.0 Å². The lowest BCUT2D eigenvalue weighted by molar-refractivity contribution is -0.127. The van der Waals surface area contributed by atoms with E-state index in [1.54, 1.807) is 12.1 Å². The Hall–Kier alpha value is -4.16. The molecule has 1 unspecified atom stereocenters. The molecule has 14 heteroatoms. The van der Waals surface area contributed by atoms with Crippen LogP contribution >= 0.6 is 46.4 Å². The van der Waals surface area contributed by atoms with Gasteiger partial charge in [0.1, 0.15) is 0 Å². The highest BCUT2D eigenvalue weighted by Gasteiger charge is 2.39. The number of hydrogen-bond acceptors (Lipinski definition) is 6. The number of hydrogen-bond donors (Lipinski definition) is 4. The Morgan fingerprint density at radius 2 is 1.03 bits per heavy atom. The second-order valence-corrected chi connectivity index (χ2v) is 21.4. The van der Waals surface area contributed by atoms with Gasteiger partial charge in [-0.25, -0.2) is 0 Å². The van der Waals surface area contributed by atoms with Crippen molar-refractivity contribution in [1.82, 2.24) is 31.1 Å². The van der Waals surface area contributed by atoms with Crippen LogP contribution in [0.3, 0.4) is 0 Å². The van der Waals surface area contributed by atoms with Crippen molar-refractivity contribution in [3.8, 4) is 0 Å². The molecule has 0 aromatic heterocycles. The molecule has 4 N–H and O–H groups in total. The van der Waals surface area contributed by atoms with Crippen molar-refractivity contribution in [1.29, 1.82) is 0 Å². The van der Waals surface area contributed by atoms with Gasteiger partial charge in [0.25, 0.3) is 0 Å². The molecule has 0 saturated heterocycles. The summed E-state index contributed by atoms with van der Waals surface area (Å²) in [6, 6.07) is 30.1. The van der Waals surface area contributed by atoms with Gasteiger partial charge in [-0.15, -0.1) is 0 Å². The van der Waals surface area contributed by atoms with Crippen molar-refractivity contribution in [3.05, 3.63) is 139 Å². The van der Waals surface area contributed by atoms with Crippen LogP contribution in [-0.2, 0) is 44.9 Å². The molecule has 1 atom stereocenters. The molecule has 0 spiro atoms. The number of likely N-dealkylation sites (N-methyl/N-ethyl adjacent to an activating group) is 2. The average Bonchev–Trinajstić information content (AvgIpc) is 3.72. The molecular formula is C55H70Cl4N6O4. The van der Waals surface area contributed by atoms with E-state index in [4.69, 9.17) is 46.4 Å². The van der Waals surface area contributed by atoms with E-state index < -0.39 is 0 Å². The van der Waals surface area contributed by atoms with Crippen molar-refractivity contribution in [3.63, 3.8) is 0 Å². The Morgan fingerprint density at radius 1 is 0.551 bits per heavy atom. The number of halogens is 4. The van der Waals surface area contributed by atoms with E-state index in [0.717, 1.165) is 92.7 Å². The van der Waals surface area contributed by atoms with Crippen LogP contribution in [0.1, 0.15) is 117 Å². The second kappa shape index (κ2) is 25.8. The maximum Gasteiger partial charge on any atom is 0.220 e. The SMILES string of the molecule is CN(C)C1(Cc2cccc(Cl)c2)CCC(NC(=O)CCC(=O)NC2CCc3ccccc32)CC1.CN(C)C1(Cc2cccc(Cl)c2)CCC(NC(=O)CCC(=O)NCCc2ccc(Cl)cc2Cl)CC1. The van der Waals surface area contributed by atoms with Crippen molar-refractivity contribution in [2.75, 3.05) is 34.7 Å². The van der Waals surface area contributed by atoms with Gasteiger partial charge in [-0.2, -0.15) is 0 Å². The van der Waals surface area contributed by atoms with Gasteiger partial charge in [0.05, 0.1) is 6.04 Å². The summed E-state index contributed by atoms with van der Waals surface area (Å²) in [7, 11) is 8.54. The number of nitrogens with zero attached hydrogens (tertiary/aromatic N) is 2. The zero-order chi connectivity index (χ0) is 49.6. The average molecular weight is 1020 g/mol. The second-order valence-electron chi connectivity index (χ2n) is 19.7. The Labute approximate surface area is 429 Å². The molecule has 7 rings (SSSR count). The first-order valence-electron chi connectivity index (χ1n) is 24.5. The molecule has 2 fully saturated rings. The highest BCUT2D eigenvalue weighted by molar-refractivity contribution is 6.35. The lowest BCUT2D eigenvalue weighted by atomic mass is 9.75. The summed E-state index contributed by atoms with van der Waals surface area (Å²) in [6.07, 6.45) is 13.0. The van der Waals surface area contributed by atoms with Gasteiger partial charge in [-0.1, -0.05) is 101 Å². The fraction of sp³-hybridized carbons (Fsp3) is 0.491. The van der Waals surface area contributed by atoms with Crippen molar-refractivity contribution in [2.45, 2.75) is 138 Å². The molecule has 0 aliphatic heterocycles. The number of carbonyl (C=O) groups excluding carboxylic acids is 4. The molecule has 4 amide bonds. The number of carbonyl (C=O) groups is 4. The third kappa shape index (κ3) is 16.2. The monoisotopic (exact) mass is 1020 g/mol. The van der Waals surface area contributed by atoms with E-state index in [1.807, 2.05) is 48.5 Å². The summed E-state index contributed by atoms with van der Waals surface area (Å²) >= 11 is 24.5. The summed E-state index contributed by atoms with van der Waals surface area (Å²) in [6.45, 7) is 0.462. The molecule has 0 heterocycles. The number of rotatable bonds is 18. The predicted octanol–water partition coefficient (Wildman–Crippen LogP) is 10.5. The van der Waals surface area contributed by atoms with Crippen molar-refractivity contribution in [2.24, 2.45) is 0 Å². The van der Waals surface area contributed by atoms with E-state index in [-0.39, 0.29) is 78.5 Å². The van der Waals surface area contributed by atoms with Crippen LogP contribution < -0.4 is 21.3 Å². The van der Waals surface area contributed by atoms with E-state index in [1.165, 1.54) is 22.3 Å². The maximum atomic E-state index is 12.6. The number of fused-ring (bicyclic) bond motifs is 1. The minimum atomic E-state index is -0.137. The predicted molar refractivity (Wildman–Crippen MR) is 281 cm³/mol. The number of benzene rings is 4. The fourth-order valence-electron chi connectivity index (χ4n) is 10.4. The molecule has 372 valence electrons. The third-order valence-corrected chi connectivity index (χ3v) is 15.7. The first-order chi connectivity index (χ1) is 33.0. The smallest absolute Gasteiger partial charge is 0.220 e. The van der Waals surface area contributed by atoms with Gasteiger partial charge in [0.15, 0.2) is 0 Å². The summed E-state index contributed by atoms with van der Waals surface area (Å²) < 4.78 is 0. The Kier molecular flexibility index (Phi) is 20.3. The van der Waals surface area contributed by atoms with Gasteiger partial charge in [0, 0.05) is 75.5 Å². The number of amides is 4. The summed E-state index contributed by atoms with van der Waals surface area (Å²) in [5.41, 5.74) is 6.06. The molecule has 3 aliphatic rings. The van der Waals surface area contributed by atoms with Crippen LogP contribution in [-0.4, -0.2) is 91.3 Å². The molecule has 4 aromatic rings. The van der Waals surface area contributed by atoms with E-state index in [2.05, 4.69) is 89.6 Å². The number of aryl methyl sites for hydroxylation is 1. The molecular weight excluding hydrogens is 950 g/mol. The Morgan fingerprint density at radius 3 is 1.52 bits per heavy atom. The van der Waals surface area contributed by atoms with E-state index in [9.17, 15) is 19.2 Å². The molecule has 4 aromatic carbocycles. The van der Waals surface area contributed by atoms with Gasteiger partial charge >= 0.3 is 0 Å². The van der Waals surface area contributed by atoms with E-state index >= 15 is 0 Å². The third-order valence-electron chi connectivity index (χ3n) is 14.7. The Bertz CT molecular complexity index is 2360. The van der Waals surface area contributed by atoms with Crippen LogP contribution in [0.4, 0.5) is 0 Å². The molecule has 0 bridgehead atoms. The summed E-state index contributed by atoms with van der Waals surface area (Å²) in [5.74, 6) is -0.284. The highest BCUT2D eigenvalue weighted by atomic mass is 35.5. The van der Waals surface area contributed by atoms with Gasteiger partial charge in [-0.05, 0) is 176 Å². The summed E-state index contributed by atoms with van der Waals surface area (Å²) in [4.78, 5) is 54.3. The first kappa shape index (κ1) is 54.2. The van der Waals surface area contributed by atoms with Crippen LogP contribution in [0, 0.1) is 0 Å². The maximum absolute atomic E-state index is 12.6. The zero-order valence-corrected chi connectivity index (χ0v) is 43.7. The normalized spacial score (nSPS) is 22.0. The molecule has 10 nitrogen and oxygen atoms in total. The largest absolute Gasteiger partial charge is 0.356 e. The fourth-order valence-corrected chi connectivity index (χ4v) is 11.3. The molecule has 69 heavy (non-hydrogen) atoms. The van der Waals surface area contributed by atoms with Gasteiger partial charge in [-0.3, -0.25) is 19.2 Å². The van der Waals surface area contributed by atoms with Crippen molar-refractivity contribution >= 4 is 70.0 Å². The van der Waals surface area contributed by atoms with Gasteiger partial charge < -0.3 is 31.1 Å².